The van der Waals surface area contributed by atoms with Crippen molar-refractivity contribution in [1.29, 1.82) is 0 Å². The van der Waals surface area contributed by atoms with Crippen molar-refractivity contribution in [3.05, 3.63) is 60.2 Å². The zero-order valence-corrected chi connectivity index (χ0v) is 12.2. The van der Waals surface area contributed by atoms with E-state index in [-0.39, 0.29) is 0 Å². The van der Waals surface area contributed by atoms with Gasteiger partial charge in [0.1, 0.15) is 11.3 Å². The Morgan fingerprint density at radius 1 is 1.14 bits per heavy atom. The Morgan fingerprint density at radius 3 is 2.29 bits per heavy atom. The first-order valence-corrected chi connectivity index (χ1v) is 6.73. The molecule has 0 heterocycles. The van der Waals surface area contributed by atoms with Gasteiger partial charge in [-0.25, -0.2) is 4.79 Å². The molecule has 0 aliphatic carbocycles. The van der Waals surface area contributed by atoms with Crippen LogP contribution in [0.3, 0.4) is 0 Å². The fourth-order valence-corrected chi connectivity index (χ4v) is 2.16. The second-order valence-corrected chi connectivity index (χ2v) is 5.15. The summed E-state index contributed by atoms with van der Waals surface area (Å²) >= 11 is 0. The van der Waals surface area contributed by atoms with E-state index in [2.05, 4.69) is 5.32 Å². The summed E-state index contributed by atoms with van der Waals surface area (Å²) in [4.78, 5) is 11.7. The van der Waals surface area contributed by atoms with Crippen molar-refractivity contribution < 1.29 is 14.6 Å². The summed E-state index contributed by atoms with van der Waals surface area (Å²) in [7, 11) is 1.60. The number of benzene rings is 2. The normalized spacial score (nSPS) is 13.2. The molecular weight excluding hydrogens is 266 g/mol. The zero-order valence-electron chi connectivity index (χ0n) is 12.2. The van der Waals surface area contributed by atoms with Crippen LogP contribution < -0.4 is 10.1 Å². The van der Waals surface area contributed by atoms with Crippen LogP contribution in [-0.4, -0.2) is 23.7 Å². The number of hydrogen-bond acceptors (Lipinski definition) is 3. The largest absolute Gasteiger partial charge is 0.497 e. The van der Waals surface area contributed by atoms with Crippen LogP contribution in [0.5, 0.6) is 5.75 Å². The van der Waals surface area contributed by atoms with Gasteiger partial charge in [0, 0.05) is 12.1 Å². The molecular formula is C17H19NO3. The highest BCUT2D eigenvalue weighted by Gasteiger charge is 2.33. The maximum absolute atomic E-state index is 11.7. The van der Waals surface area contributed by atoms with E-state index in [0.29, 0.717) is 6.42 Å². The first kappa shape index (κ1) is 14.9. The van der Waals surface area contributed by atoms with Crippen molar-refractivity contribution in [3.63, 3.8) is 0 Å². The lowest BCUT2D eigenvalue weighted by molar-refractivity contribution is -0.141. The first-order chi connectivity index (χ1) is 10.0. The van der Waals surface area contributed by atoms with Crippen molar-refractivity contribution in [2.45, 2.75) is 18.9 Å². The molecule has 4 heteroatoms. The molecule has 1 unspecified atom stereocenters. The fourth-order valence-electron chi connectivity index (χ4n) is 2.16. The number of hydrogen-bond donors (Lipinski definition) is 2. The minimum Gasteiger partial charge on any atom is -0.497 e. The van der Waals surface area contributed by atoms with Gasteiger partial charge in [-0.05, 0) is 36.8 Å². The van der Waals surface area contributed by atoms with Gasteiger partial charge in [-0.1, -0.05) is 30.3 Å². The molecule has 0 bridgehead atoms. The number of carbonyl (C=O) groups is 1. The average Bonchev–Trinajstić information content (AvgIpc) is 2.49. The van der Waals surface area contributed by atoms with Crippen molar-refractivity contribution >= 4 is 11.7 Å². The van der Waals surface area contributed by atoms with Gasteiger partial charge in [0.05, 0.1) is 7.11 Å². The SMILES string of the molecule is COc1ccc(CC(C)(Nc2ccccc2)C(=O)O)cc1. The standard InChI is InChI=1S/C17H19NO3/c1-17(16(19)20,18-14-6-4-3-5-7-14)12-13-8-10-15(21-2)11-9-13/h3-11,18H,12H2,1-2H3,(H,19,20). The third-order valence-electron chi connectivity index (χ3n) is 3.38. The van der Waals surface area contributed by atoms with Crippen molar-refractivity contribution in [3.8, 4) is 5.75 Å². The second kappa shape index (κ2) is 6.31. The molecule has 110 valence electrons. The number of rotatable bonds is 6. The van der Waals surface area contributed by atoms with Crippen LogP contribution >= 0.6 is 0 Å². The molecule has 0 aliphatic heterocycles. The number of carboxylic acid groups (broad SMARTS) is 1. The molecule has 0 spiro atoms. The predicted molar refractivity (Wildman–Crippen MR) is 82.8 cm³/mol. The van der Waals surface area contributed by atoms with Gasteiger partial charge in [-0.2, -0.15) is 0 Å². The third kappa shape index (κ3) is 3.75. The smallest absolute Gasteiger partial charge is 0.329 e. The van der Waals surface area contributed by atoms with E-state index in [1.807, 2.05) is 54.6 Å². The number of ether oxygens (including phenoxy) is 1. The van der Waals surface area contributed by atoms with Gasteiger partial charge in [-0.15, -0.1) is 0 Å². The highest BCUT2D eigenvalue weighted by Crippen LogP contribution is 2.22. The molecule has 2 aromatic carbocycles. The van der Waals surface area contributed by atoms with Gasteiger partial charge in [0.25, 0.3) is 0 Å². The Bertz CT molecular complexity index is 595. The zero-order chi connectivity index (χ0) is 15.3. The molecule has 4 nitrogen and oxygen atoms in total. The number of para-hydroxylation sites is 1. The van der Waals surface area contributed by atoms with Crippen LogP contribution in [0.4, 0.5) is 5.69 Å². The molecule has 2 aromatic rings. The van der Waals surface area contributed by atoms with Crippen LogP contribution in [0, 0.1) is 0 Å². The Kier molecular flexibility index (Phi) is 4.48. The summed E-state index contributed by atoms with van der Waals surface area (Å²) in [5.41, 5.74) is 0.649. The van der Waals surface area contributed by atoms with Gasteiger partial charge < -0.3 is 15.2 Å². The van der Waals surface area contributed by atoms with Crippen molar-refractivity contribution in [1.82, 2.24) is 0 Å². The van der Waals surface area contributed by atoms with Crippen molar-refractivity contribution in [2.75, 3.05) is 12.4 Å². The molecule has 2 rings (SSSR count). The predicted octanol–water partition coefficient (Wildman–Crippen LogP) is 3.19. The molecule has 21 heavy (non-hydrogen) atoms. The summed E-state index contributed by atoms with van der Waals surface area (Å²) in [5, 5.41) is 12.7. The van der Waals surface area contributed by atoms with Gasteiger partial charge in [0.2, 0.25) is 0 Å². The number of aliphatic carboxylic acids is 1. The lowest BCUT2D eigenvalue weighted by Gasteiger charge is -2.27. The minimum absolute atomic E-state index is 0.376. The van der Waals surface area contributed by atoms with Crippen LogP contribution in [0.2, 0.25) is 0 Å². The highest BCUT2D eigenvalue weighted by molar-refractivity contribution is 5.82. The quantitative estimate of drug-likeness (QED) is 0.855. The summed E-state index contributed by atoms with van der Waals surface area (Å²) in [5.74, 6) is -0.131. The first-order valence-electron chi connectivity index (χ1n) is 6.73. The minimum atomic E-state index is -1.07. The third-order valence-corrected chi connectivity index (χ3v) is 3.38. The molecule has 0 radical (unpaired) electrons. The topological polar surface area (TPSA) is 58.6 Å². The van der Waals surface area contributed by atoms with Crippen LogP contribution in [0.1, 0.15) is 12.5 Å². The lowest BCUT2D eigenvalue weighted by Crippen LogP contribution is -2.45. The maximum atomic E-state index is 11.7. The van der Waals surface area contributed by atoms with Crippen LogP contribution in [0.15, 0.2) is 54.6 Å². The summed E-state index contributed by atoms with van der Waals surface area (Å²) in [6.07, 6.45) is 0.376. The molecule has 1 atom stereocenters. The second-order valence-electron chi connectivity index (χ2n) is 5.15. The Morgan fingerprint density at radius 2 is 1.76 bits per heavy atom. The van der Waals surface area contributed by atoms with Crippen LogP contribution in [0.25, 0.3) is 0 Å². The summed E-state index contributed by atoms with van der Waals surface area (Å²) in [6.45, 7) is 1.69. The van der Waals surface area contributed by atoms with Crippen molar-refractivity contribution in [2.24, 2.45) is 0 Å². The Hall–Kier alpha value is -2.49. The number of anilines is 1. The molecule has 0 aromatic heterocycles. The molecule has 0 aliphatic rings. The summed E-state index contributed by atoms with van der Waals surface area (Å²) < 4.78 is 5.11. The van der Waals surface area contributed by atoms with E-state index in [9.17, 15) is 9.90 Å². The average molecular weight is 285 g/mol. The number of methoxy groups -OCH3 is 1. The van der Waals surface area contributed by atoms with E-state index in [1.165, 1.54) is 0 Å². The Labute approximate surface area is 124 Å². The number of carboxylic acids is 1. The van der Waals surface area contributed by atoms with E-state index < -0.39 is 11.5 Å². The highest BCUT2D eigenvalue weighted by atomic mass is 16.5. The van der Waals surface area contributed by atoms with E-state index >= 15 is 0 Å². The monoisotopic (exact) mass is 285 g/mol. The van der Waals surface area contributed by atoms with Crippen LogP contribution in [-0.2, 0) is 11.2 Å². The number of nitrogens with one attached hydrogen (secondary N) is 1. The maximum Gasteiger partial charge on any atom is 0.329 e. The summed E-state index contributed by atoms with van der Waals surface area (Å²) in [6, 6.07) is 16.8. The van der Waals surface area contributed by atoms with Gasteiger partial charge in [0.15, 0.2) is 0 Å². The molecule has 0 saturated carbocycles. The van der Waals surface area contributed by atoms with E-state index in [0.717, 1.165) is 17.0 Å². The molecule has 0 fully saturated rings. The Balaban J connectivity index is 2.19. The van der Waals surface area contributed by atoms with Gasteiger partial charge in [-0.3, -0.25) is 0 Å². The lowest BCUT2D eigenvalue weighted by atomic mass is 9.92. The molecule has 2 N–H and O–H groups in total. The fraction of sp³-hybridized carbons (Fsp3) is 0.235. The van der Waals surface area contributed by atoms with E-state index in [1.54, 1.807) is 14.0 Å². The molecule has 0 saturated heterocycles. The van der Waals surface area contributed by atoms with Gasteiger partial charge >= 0.3 is 5.97 Å². The van der Waals surface area contributed by atoms with E-state index in [4.69, 9.17) is 4.74 Å². The molecule has 0 amide bonds.